The van der Waals surface area contributed by atoms with Crippen molar-refractivity contribution in [2.75, 3.05) is 46.3 Å². The molecule has 2 saturated heterocycles. The maximum absolute atomic E-state index is 13.1. The van der Waals surface area contributed by atoms with Crippen LogP contribution in [0.2, 0.25) is 5.02 Å². The van der Waals surface area contributed by atoms with Crippen LogP contribution in [0.5, 0.6) is 0 Å². The number of thiophene rings is 1. The van der Waals surface area contributed by atoms with Crippen molar-refractivity contribution in [3.63, 3.8) is 0 Å². The van der Waals surface area contributed by atoms with Crippen LogP contribution in [0, 0.1) is 11.8 Å². The Morgan fingerprint density at radius 2 is 1.71 bits per heavy atom. The molecule has 2 fully saturated rings. The summed E-state index contributed by atoms with van der Waals surface area (Å²) in [6, 6.07) is 7.55. The second-order valence-corrected chi connectivity index (χ2v) is 10.5. The summed E-state index contributed by atoms with van der Waals surface area (Å²) >= 11 is 7.52. The highest BCUT2D eigenvalue weighted by Gasteiger charge is 2.31. The number of carbonyl (C=O) groups excluding carboxylic acids is 2. The highest BCUT2D eigenvalue weighted by atomic mass is 35.5. The van der Waals surface area contributed by atoms with E-state index in [9.17, 15) is 9.59 Å². The molecule has 5 nitrogen and oxygen atoms in total. The summed E-state index contributed by atoms with van der Waals surface area (Å²) in [5, 5.41) is 1.68. The van der Waals surface area contributed by atoms with Gasteiger partial charge >= 0.3 is 0 Å². The van der Waals surface area contributed by atoms with Crippen LogP contribution in [-0.4, -0.2) is 72.8 Å². The monoisotopic (exact) mass is 461 g/mol. The van der Waals surface area contributed by atoms with Crippen molar-refractivity contribution in [3.8, 4) is 0 Å². The Kier molecular flexibility index (Phi) is 7.19. The summed E-state index contributed by atoms with van der Waals surface area (Å²) in [7, 11) is 2.20. The fraction of sp³-hybridized carbons (Fsp3) is 0.583. The third-order valence-corrected chi connectivity index (χ3v) is 8.33. The molecule has 1 aromatic carbocycles. The van der Waals surface area contributed by atoms with Crippen LogP contribution in [0.3, 0.4) is 0 Å². The fourth-order valence-electron chi connectivity index (χ4n) is 4.98. The van der Waals surface area contributed by atoms with Crippen LogP contribution in [0.15, 0.2) is 24.3 Å². The predicted octanol–water partition coefficient (Wildman–Crippen LogP) is 4.60. The van der Waals surface area contributed by atoms with Crippen molar-refractivity contribution >= 4 is 44.8 Å². The van der Waals surface area contributed by atoms with Crippen molar-refractivity contribution in [1.82, 2.24) is 14.7 Å². The highest BCUT2D eigenvalue weighted by Crippen LogP contribution is 2.32. The van der Waals surface area contributed by atoms with Gasteiger partial charge in [-0.25, -0.2) is 0 Å². The van der Waals surface area contributed by atoms with Crippen molar-refractivity contribution in [1.29, 1.82) is 0 Å². The largest absolute Gasteiger partial charge is 0.341 e. The molecule has 3 heterocycles. The van der Waals surface area contributed by atoms with Crippen LogP contribution in [0.1, 0.15) is 42.3 Å². The molecule has 0 spiro atoms. The van der Waals surface area contributed by atoms with Gasteiger partial charge in [0.1, 0.15) is 6.54 Å². The molecular formula is C24H32ClN3O2S. The van der Waals surface area contributed by atoms with Gasteiger partial charge in [-0.05, 0) is 88.2 Å². The number of carbonyl (C=O) groups is 2. The number of nitrogens with zero attached hydrogens (tertiary/aromatic N) is 3. The molecule has 0 bridgehead atoms. The van der Waals surface area contributed by atoms with Crippen LogP contribution in [0.25, 0.3) is 10.1 Å². The molecule has 0 atom stereocenters. The van der Waals surface area contributed by atoms with Gasteiger partial charge in [0.2, 0.25) is 5.91 Å². The topological polar surface area (TPSA) is 43.9 Å². The van der Waals surface area contributed by atoms with E-state index >= 15 is 0 Å². The molecule has 2 amide bonds. The Morgan fingerprint density at radius 1 is 1.06 bits per heavy atom. The van der Waals surface area contributed by atoms with Gasteiger partial charge in [-0.15, -0.1) is 11.3 Å². The Balaban J connectivity index is 1.33. The van der Waals surface area contributed by atoms with Crippen molar-refractivity contribution < 1.29 is 9.59 Å². The third kappa shape index (κ3) is 5.24. The van der Waals surface area contributed by atoms with Gasteiger partial charge in [0.15, 0.2) is 0 Å². The van der Waals surface area contributed by atoms with Crippen molar-refractivity contribution in [2.45, 2.75) is 32.6 Å². The van der Waals surface area contributed by atoms with Crippen LogP contribution < -0.4 is 0 Å². The first kappa shape index (κ1) is 22.6. The molecule has 0 saturated carbocycles. The molecule has 0 unspecified atom stereocenters. The number of halogens is 1. The number of likely N-dealkylation sites (tertiary alicyclic amines) is 2. The molecule has 2 aliphatic heterocycles. The van der Waals surface area contributed by atoms with Gasteiger partial charge in [0.05, 0.1) is 4.88 Å². The molecule has 31 heavy (non-hydrogen) atoms. The summed E-state index contributed by atoms with van der Waals surface area (Å²) in [6.07, 6.45) is 4.76. The number of hydrogen-bond donors (Lipinski definition) is 0. The molecular weight excluding hydrogens is 430 g/mol. The first-order chi connectivity index (χ1) is 14.9. The Hall–Kier alpha value is -1.63. The van der Waals surface area contributed by atoms with E-state index in [2.05, 4.69) is 11.9 Å². The molecule has 0 aliphatic carbocycles. The lowest BCUT2D eigenvalue weighted by atomic mass is 9.79. The zero-order valence-electron chi connectivity index (χ0n) is 18.5. The minimum atomic E-state index is -0.0746. The third-order valence-electron chi connectivity index (χ3n) is 7.01. The van der Waals surface area contributed by atoms with Crippen molar-refractivity contribution in [2.24, 2.45) is 11.8 Å². The Morgan fingerprint density at radius 3 is 2.35 bits per heavy atom. The molecule has 0 N–H and O–H groups in total. The summed E-state index contributed by atoms with van der Waals surface area (Å²) in [5.41, 5.74) is 0. The van der Waals surface area contributed by atoms with Gasteiger partial charge in [0.25, 0.3) is 5.91 Å². The van der Waals surface area contributed by atoms with E-state index in [0.717, 1.165) is 47.9 Å². The predicted molar refractivity (Wildman–Crippen MR) is 128 cm³/mol. The second-order valence-electron chi connectivity index (χ2n) is 8.97. The SMILES string of the molecule is CCN(CC(=O)N1CCC(C2CCN(C)CC2)CC1)C(=O)c1cc2ccc(Cl)cc2s1. The standard InChI is InChI=1S/C24H32ClN3O2S/c1-3-27(24(30)22-14-19-4-5-20(25)15-21(19)31-22)16-23(29)28-12-8-18(9-13-28)17-6-10-26(2)11-7-17/h4-5,14-15,17-18H,3,6-13,16H2,1-2H3. The van der Waals surface area contributed by atoms with E-state index in [-0.39, 0.29) is 18.4 Å². The molecule has 2 aliphatic rings. The number of hydrogen-bond acceptors (Lipinski definition) is 4. The number of fused-ring (bicyclic) bond motifs is 1. The van der Waals surface area contributed by atoms with E-state index in [4.69, 9.17) is 11.6 Å². The van der Waals surface area contributed by atoms with E-state index in [1.54, 1.807) is 4.90 Å². The molecule has 4 rings (SSSR count). The molecule has 0 radical (unpaired) electrons. The van der Waals surface area contributed by atoms with Gasteiger partial charge in [-0.3, -0.25) is 9.59 Å². The van der Waals surface area contributed by atoms with Crippen molar-refractivity contribution in [3.05, 3.63) is 34.2 Å². The van der Waals surface area contributed by atoms with Crippen LogP contribution >= 0.6 is 22.9 Å². The van der Waals surface area contributed by atoms with Gasteiger partial charge in [0, 0.05) is 29.4 Å². The minimum absolute atomic E-state index is 0.0705. The van der Waals surface area contributed by atoms with E-state index < -0.39 is 0 Å². The lowest BCUT2D eigenvalue weighted by Gasteiger charge is -2.39. The minimum Gasteiger partial charge on any atom is -0.341 e. The lowest BCUT2D eigenvalue weighted by molar-refractivity contribution is -0.133. The zero-order chi connectivity index (χ0) is 22.0. The highest BCUT2D eigenvalue weighted by molar-refractivity contribution is 7.20. The summed E-state index contributed by atoms with van der Waals surface area (Å²) in [4.78, 5) is 32.7. The number of likely N-dealkylation sites (N-methyl/N-ethyl adjacent to an activating group) is 1. The lowest BCUT2D eigenvalue weighted by Crippen LogP contribution is -2.47. The molecule has 7 heteroatoms. The number of piperidine rings is 2. The zero-order valence-corrected chi connectivity index (χ0v) is 20.1. The van der Waals surface area contributed by atoms with E-state index in [0.29, 0.717) is 16.4 Å². The normalized spacial score (nSPS) is 19.1. The van der Waals surface area contributed by atoms with Crippen LogP contribution in [-0.2, 0) is 4.79 Å². The van der Waals surface area contributed by atoms with E-state index in [1.807, 2.05) is 36.1 Å². The molecule has 2 aromatic rings. The number of benzene rings is 1. The Bertz CT molecular complexity index is 930. The van der Waals surface area contributed by atoms with Gasteiger partial charge < -0.3 is 14.7 Å². The van der Waals surface area contributed by atoms with Gasteiger partial charge in [-0.1, -0.05) is 17.7 Å². The second kappa shape index (κ2) is 9.88. The maximum Gasteiger partial charge on any atom is 0.264 e. The molecule has 168 valence electrons. The maximum atomic E-state index is 13.1. The van der Waals surface area contributed by atoms with Crippen LogP contribution in [0.4, 0.5) is 0 Å². The smallest absolute Gasteiger partial charge is 0.264 e. The average molecular weight is 462 g/mol. The fourth-order valence-corrected chi connectivity index (χ4v) is 6.28. The average Bonchev–Trinajstić information content (AvgIpc) is 3.20. The first-order valence-corrected chi connectivity index (χ1v) is 12.6. The summed E-state index contributed by atoms with van der Waals surface area (Å²) < 4.78 is 0.995. The number of rotatable bonds is 5. The summed E-state index contributed by atoms with van der Waals surface area (Å²) in [6.45, 7) is 6.64. The first-order valence-electron chi connectivity index (χ1n) is 11.4. The Labute approximate surface area is 193 Å². The quantitative estimate of drug-likeness (QED) is 0.653. The summed E-state index contributed by atoms with van der Waals surface area (Å²) in [5.74, 6) is 1.55. The number of amides is 2. The molecule has 1 aromatic heterocycles. The van der Waals surface area contributed by atoms with Gasteiger partial charge in [-0.2, -0.15) is 0 Å². The van der Waals surface area contributed by atoms with E-state index in [1.165, 1.54) is 37.3 Å².